The van der Waals surface area contributed by atoms with Crippen molar-refractivity contribution in [2.75, 3.05) is 6.54 Å². The van der Waals surface area contributed by atoms with Crippen molar-refractivity contribution in [3.8, 4) is 5.69 Å². The summed E-state index contributed by atoms with van der Waals surface area (Å²) in [7, 11) is 0. The summed E-state index contributed by atoms with van der Waals surface area (Å²) in [5.41, 5.74) is 8.21. The van der Waals surface area contributed by atoms with Crippen LogP contribution in [-0.2, 0) is 0 Å². The van der Waals surface area contributed by atoms with Crippen molar-refractivity contribution >= 4 is 41.6 Å². The van der Waals surface area contributed by atoms with E-state index in [1.165, 1.54) is 0 Å². The molecule has 0 radical (unpaired) electrons. The maximum atomic E-state index is 12.7. The Balaban J connectivity index is 0.00000196. The highest BCUT2D eigenvalue weighted by Crippen LogP contribution is 2.19. The number of rotatable bonds is 6. The monoisotopic (exact) mass is 424 g/mol. The number of nitrogens with zero attached hydrogens (tertiary/aromatic N) is 4. The molecular weight excluding hydrogens is 399 g/mol. The first-order valence-corrected chi connectivity index (χ1v) is 8.83. The molecule has 7 nitrogen and oxygen atoms in total. The normalized spacial score (nSPS) is 10.9. The van der Waals surface area contributed by atoms with Crippen LogP contribution in [0.5, 0.6) is 0 Å². The molecule has 0 saturated heterocycles. The minimum absolute atomic E-state index is 0. The van der Waals surface area contributed by atoms with Crippen molar-refractivity contribution in [3.05, 3.63) is 47.9 Å². The zero-order chi connectivity index (χ0) is 18.7. The molecule has 2 heterocycles. The van der Waals surface area contributed by atoms with E-state index >= 15 is 0 Å². The highest BCUT2D eigenvalue weighted by Gasteiger charge is 2.29. The molecular formula is C19H26Cl2N6O. The van der Waals surface area contributed by atoms with Gasteiger partial charge in [0.25, 0.3) is 5.91 Å². The fourth-order valence-corrected chi connectivity index (χ4v) is 3.05. The molecule has 0 atom stereocenters. The van der Waals surface area contributed by atoms with Crippen LogP contribution in [0.2, 0.25) is 0 Å². The van der Waals surface area contributed by atoms with Crippen molar-refractivity contribution < 1.29 is 4.79 Å². The number of nitrogens with one attached hydrogen (secondary N) is 1. The van der Waals surface area contributed by atoms with Gasteiger partial charge in [-0.25, -0.2) is 4.68 Å². The molecule has 2 aromatic heterocycles. The molecule has 1 amide bonds. The van der Waals surface area contributed by atoms with E-state index in [2.05, 4.69) is 20.6 Å². The van der Waals surface area contributed by atoms with E-state index in [-0.39, 0.29) is 30.7 Å². The van der Waals surface area contributed by atoms with Crippen LogP contribution < -0.4 is 11.1 Å². The molecule has 0 saturated carbocycles. The Labute approximate surface area is 176 Å². The average Bonchev–Trinajstić information content (AvgIpc) is 3.07. The third kappa shape index (κ3) is 4.43. The molecule has 28 heavy (non-hydrogen) atoms. The number of nitrogens with two attached hydrogens (primary N) is 1. The van der Waals surface area contributed by atoms with E-state index in [9.17, 15) is 4.79 Å². The van der Waals surface area contributed by atoms with Gasteiger partial charge in [-0.15, -0.1) is 29.9 Å². The molecule has 3 N–H and O–H groups in total. The lowest BCUT2D eigenvalue weighted by Gasteiger charge is -2.31. The fourth-order valence-electron chi connectivity index (χ4n) is 3.05. The highest BCUT2D eigenvalue weighted by molar-refractivity contribution is 5.94. The number of benzene rings is 1. The van der Waals surface area contributed by atoms with Gasteiger partial charge in [0.2, 0.25) is 0 Å². The second kappa shape index (κ2) is 9.82. The minimum Gasteiger partial charge on any atom is -0.344 e. The number of aromatic nitrogens is 4. The van der Waals surface area contributed by atoms with Gasteiger partial charge in [-0.2, -0.15) is 0 Å². The van der Waals surface area contributed by atoms with E-state index in [1.807, 2.05) is 51.1 Å². The number of carbonyl (C=O) groups is 1. The molecule has 0 spiro atoms. The lowest BCUT2D eigenvalue weighted by molar-refractivity contribution is 0.0889. The number of hydrogen-bond acceptors (Lipinski definition) is 5. The van der Waals surface area contributed by atoms with E-state index < -0.39 is 5.54 Å². The molecule has 9 heteroatoms. The number of pyridine rings is 1. The van der Waals surface area contributed by atoms with Gasteiger partial charge < -0.3 is 11.1 Å². The summed E-state index contributed by atoms with van der Waals surface area (Å²) in [5.74, 6) is -0.245. The molecule has 3 rings (SSSR count). The Hall–Kier alpha value is -2.22. The van der Waals surface area contributed by atoms with Crippen LogP contribution in [0.15, 0.2) is 36.5 Å². The summed E-state index contributed by atoms with van der Waals surface area (Å²) >= 11 is 0. The van der Waals surface area contributed by atoms with E-state index in [0.717, 1.165) is 29.4 Å². The van der Waals surface area contributed by atoms with Gasteiger partial charge >= 0.3 is 0 Å². The third-order valence-corrected chi connectivity index (χ3v) is 5.06. The van der Waals surface area contributed by atoms with Crippen molar-refractivity contribution in [2.24, 2.45) is 5.73 Å². The van der Waals surface area contributed by atoms with E-state index in [0.29, 0.717) is 17.9 Å². The molecule has 0 fully saturated rings. The number of fused-ring (bicyclic) bond motifs is 1. The Morgan fingerprint density at radius 1 is 1.21 bits per heavy atom. The first-order chi connectivity index (χ1) is 12.5. The predicted molar refractivity (Wildman–Crippen MR) is 116 cm³/mol. The lowest BCUT2D eigenvalue weighted by Crippen LogP contribution is -2.53. The van der Waals surface area contributed by atoms with E-state index in [1.54, 1.807) is 10.9 Å². The van der Waals surface area contributed by atoms with Gasteiger partial charge in [0, 0.05) is 18.1 Å². The zero-order valence-electron chi connectivity index (χ0n) is 16.2. The first-order valence-electron chi connectivity index (χ1n) is 8.83. The van der Waals surface area contributed by atoms with Crippen LogP contribution in [0.3, 0.4) is 0 Å². The maximum Gasteiger partial charge on any atom is 0.274 e. The summed E-state index contributed by atoms with van der Waals surface area (Å²) in [6.45, 7) is 6.26. The van der Waals surface area contributed by atoms with Gasteiger partial charge in [-0.3, -0.25) is 9.78 Å². The zero-order valence-corrected chi connectivity index (χ0v) is 17.8. The quantitative estimate of drug-likeness (QED) is 0.632. The van der Waals surface area contributed by atoms with Gasteiger partial charge in [-0.05, 0) is 44.0 Å². The van der Waals surface area contributed by atoms with Gasteiger partial charge in [0.05, 0.1) is 22.4 Å². The summed E-state index contributed by atoms with van der Waals surface area (Å²) in [5, 5.41) is 12.3. The van der Waals surface area contributed by atoms with Crippen LogP contribution in [0.1, 0.15) is 42.9 Å². The fraction of sp³-hybridized carbons (Fsp3) is 0.368. The SMILES string of the molecule is CCC(CC)(CN)NC(=O)c1nnn(-c2ccc3ncccc3c2)c1C.Cl.Cl. The van der Waals surface area contributed by atoms with Gasteiger partial charge in [0.15, 0.2) is 5.69 Å². The van der Waals surface area contributed by atoms with Crippen LogP contribution in [-0.4, -0.2) is 38.0 Å². The molecule has 0 aliphatic heterocycles. The van der Waals surface area contributed by atoms with Crippen LogP contribution >= 0.6 is 24.8 Å². The van der Waals surface area contributed by atoms with Crippen LogP contribution in [0.4, 0.5) is 0 Å². The maximum absolute atomic E-state index is 12.7. The third-order valence-electron chi connectivity index (χ3n) is 5.06. The highest BCUT2D eigenvalue weighted by atomic mass is 35.5. The number of hydrogen-bond donors (Lipinski definition) is 2. The Kier molecular flexibility index (Phi) is 8.35. The number of halogens is 2. The molecule has 0 aliphatic rings. The topological polar surface area (TPSA) is 98.7 Å². The number of amides is 1. The van der Waals surface area contributed by atoms with Gasteiger partial charge in [0.1, 0.15) is 0 Å². The molecule has 3 aromatic rings. The molecule has 0 unspecified atom stereocenters. The van der Waals surface area contributed by atoms with Crippen molar-refractivity contribution in [2.45, 2.75) is 39.2 Å². The predicted octanol–water partition coefficient (Wildman–Crippen LogP) is 3.21. The second-order valence-electron chi connectivity index (χ2n) is 6.46. The Bertz CT molecular complexity index is 931. The second-order valence-corrected chi connectivity index (χ2v) is 6.46. The van der Waals surface area contributed by atoms with E-state index in [4.69, 9.17) is 5.73 Å². The van der Waals surface area contributed by atoms with Crippen molar-refractivity contribution in [1.82, 2.24) is 25.3 Å². The molecule has 152 valence electrons. The molecule has 0 bridgehead atoms. The first kappa shape index (κ1) is 23.8. The van der Waals surface area contributed by atoms with Crippen molar-refractivity contribution in [1.29, 1.82) is 0 Å². The summed E-state index contributed by atoms with van der Waals surface area (Å²) in [6.07, 6.45) is 3.28. The minimum atomic E-state index is -0.415. The largest absolute Gasteiger partial charge is 0.344 e. The Morgan fingerprint density at radius 2 is 1.93 bits per heavy atom. The molecule has 0 aliphatic carbocycles. The Morgan fingerprint density at radius 3 is 2.57 bits per heavy atom. The average molecular weight is 425 g/mol. The summed E-state index contributed by atoms with van der Waals surface area (Å²) in [6, 6.07) is 9.71. The standard InChI is InChI=1S/C19H24N6O.2ClH/c1-4-19(5-2,12-20)22-18(26)17-13(3)25(24-23-17)15-8-9-16-14(11-15)7-6-10-21-16;;/h6-11H,4-5,12,20H2,1-3H3,(H,22,26);2*1H. The smallest absolute Gasteiger partial charge is 0.274 e. The van der Waals surface area contributed by atoms with Crippen LogP contribution in [0.25, 0.3) is 16.6 Å². The summed E-state index contributed by atoms with van der Waals surface area (Å²) < 4.78 is 1.67. The van der Waals surface area contributed by atoms with Crippen LogP contribution in [0, 0.1) is 6.92 Å². The van der Waals surface area contributed by atoms with Crippen molar-refractivity contribution in [3.63, 3.8) is 0 Å². The molecule has 1 aromatic carbocycles. The lowest BCUT2D eigenvalue weighted by atomic mass is 9.92. The van der Waals surface area contributed by atoms with Gasteiger partial charge in [-0.1, -0.05) is 25.1 Å². The summed E-state index contributed by atoms with van der Waals surface area (Å²) in [4.78, 5) is 17.0. The number of carbonyl (C=O) groups excluding carboxylic acids is 1.